The van der Waals surface area contributed by atoms with Gasteiger partial charge in [0.05, 0.1) is 18.8 Å². The maximum atomic E-state index is 13.3. The van der Waals surface area contributed by atoms with Gasteiger partial charge < -0.3 is 9.84 Å². The Hall–Kier alpha value is -0.490. The van der Waals surface area contributed by atoms with E-state index in [2.05, 4.69) is 34.7 Å². The van der Waals surface area contributed by atoms with Gasteiger partial charge in [0.2, 0.25) is 0 Å². The zero-order valence-electron chi connectivity index (χ0n) is 11.9. The molecule has 112 valence electrons. The summed E-state index contributed by atoms with van der Waals surface area (Å²) >= 11 is 3.39. The summed E-state index contributed by atoms with van der Waals surface area (Å²) in [5, 5.41) is 10.3. The van der Waals surface area contributed by atoms with Gasteiger partial charge in [0.1, 0.15) is 5.82 Å². The van der Waals surface area contributed by atoms with Gasteiger partial charge in [0.25, 0.3) is 0 Å². The predicted octanol–water partition coefficient (Wildman–Crippen LogP) is 2.60. The number of nitrogens with zero attached hydrogens (tertiary/aromatic N) is 1. The summed E-state index contributed by atoms with van der Waals surface area (Å²) in [4.78, 5) is 2.29. The highest BCUT2D eigenvalue weighted by Crippen LogP contribution is 2.22. The second kappa shape index (κ2) is 6.98. The number of aliphatic hydroxyl groups excluding tert-OH is 1. The second-order valence-corrected chi connectivity index (χ2v) is 6.36. The lowest BCUT2D eigenvalue weighted by Gasteiger charge is -2.37. The summed E-state index contributed by atoms with van der Waals surface area (Å²) in [7, 11) is 0. The minimum absolute atomic E-state index is 0.221. The molecule has 2 rings (SSSR count). The zero-order valence-corrected chi connectivity index (χ0v) is 13.4. The van der Waals surface area contributed by atoms with Gasteiger partial charge in [-0.3, -0.25) is 4.90 Å². The molecule has 3 nitrogen and oxygen atoms in total. The van der Waals surface area contributed by atoms with Gasteiger partial charge in [-0.25, -0.2) is 4.39 Å². The predicted molar refractivity (Wildman–Crippen MR) is 80.3 cm³/mol. The Morgan fingerprint density at radius 2 is 2.25 bits per heavy atom. The van der Waals surface area contributed by atoms with Gasteiger partial charge in [0.15, 0.2) is 0 Å². The summed E-state index contributed by atoms with van der Waals surface area (Å²) in [6.07, 6.45) is -0.467. The summed E-state index contributed by atoms with van der Waals surface area (Å²) in [5.41, 5.74) is 0.766. The van der Waals surface area contributed by atoms with Crippen molar-refractivity contribution < 1.29 is 14.2 Å². The third-order valence-corrected chi connectivity index (χ3v) is 4.49. The maximum absolute atomic E-state index is 13.3. The van der Waals surface area contributed by atoms with Crippen LogP contribution in [0, 0.1) is 5.82 Å². The molecule has 0 radical (unpaired) electrons. The van der Waals surface area contributed by atoms with Crippen molar-refractivity contribution in [3.05, 3.63) is 34.1 Å². The first kappa shape index (κ1) is 15.9. The van der Waals surface area contributed by atoms with Crippen LogP contribution < -0.4 is 0 Å². The molecule has 5 heteroatoms. The van der Waals surface area contributed by atoms with Crippen LogP contribution in [0.4, 0.5) is 4.39 Å². The molecular weight excluding hydrogens is 325 g/mol. The largest absolute Gasteiger partial charge is 0.390 e. The monoisotopic (exact) mass is 345 g/mol. The molecule has 1 heterocycles. The molecule has 0 aliphatic carbocycles. The highest BCUT2D eigenvalue weighted by atomic mass is 79.9. The first-order valence-corrected chi connectivity index (χ1v) is 7.74. The first-order chi connectivity index (χ1) is 9.47. The molecule has 1 fully saturated rings. The molecule has 2 unspecified atom stereocenters. The van der Waals surface area contributed by atoms with Crippen molar-refractivity contribution in [3.8, 4) is 0 Å². The van der Waals surface area contributed by atoms with Crippen LogP contribution >= 0.6 is 15.9 Å². The normalized spacial score (nSPS) is 22.2. The highest BCUT2D eigenvalue weighted by molar-refractivity contribution is 9.10. The average Bonchev–Trinajstić information content (AvgIpc) is 2.43. The second-order valence-electron chi connectivity index (χ2n) is 5.51. The van der Waals surface area contributed by atoms with Crippen LogP contribution in [0.3, 0.4) is 0 Å². The SMILES string of the molecule is CC(C)N1CCOC(C(O)Cc2cc(F)ccc2Br)C1. The molecule has 0 amide bonds. The van der Waals surface area contributed by atoms with E-state index in [9.17, 15) is 9.50 Å². The summed E-state index contributed by atoms with van der Waals surface area (Å²) in [6, 6.07) is 4.96. The third kappa shape index (κ3) is 4.01. The molecule has 1 N–H and O–H groups in total. The molecule has 2 atom stereocenters. The van der Waals surface area contributed by atoms with Gasteiger partial charge in [-0.2, -0.15) is 0 Å². The van der Waals surface area contributed by atoms with E-state index >= 15 is 0 Å². The van der Waals surface area contributed by atoms with Crippen molar-refractivity contribution >= 4 is 15.9 Å². The summed E-state index contributed by atoms with van der Waals surface area (Å²) < 4.78 is 19.7. The number of rotatable bonds is 4. The molecule has 1 saturated heterocycles. The fourth-order valence-corrected chi connectivity index (χ4v) is 2.86. The lowest BCUT2D eigenvalue weighted by Crippen LogP contribution is -2.50. The lowest BCUT2D eigenvalue weighted by atomic mass is 10.0. The first-order valence-electron chi connectivity index (χ1n) is 6.95. The van der Waals surface area contributed by atoms with Crippen molar-refractivity contribution in [2.24, 2.45) is 0 Å². The van der Waals surface area contributed by atoms with E-state index in [1.807, 2.05) is 0 Å². The van der Waals surface area contributed by atoms with Gasteiger partial charge in [-0.1, -0.05) is 15.9 Å². The van der Waals surface area contributed by atoms with Crippen LogP contribution in [0.25, 0.3) is 0 Å². The van der Waals surface area contributed by atoms with Crippen LogP contribution in [0.2, 0.25) is 0 Å². The number of aliphatic hydroxyl groups is 1. The molecule has 1 aromatic carbocycles. The van der Waals surface area contributed by atoms with Gasteiger partial charge in [-0.15, -0.1) is 0 Å². The fraction of sp³-hybridized carbons (Fsp3) is 0.600. The van der Waals surface area contributed by atoms with E-state index in [4.69, 9.17) is 4.74 Å². The Bertz CT molecular complexity index is 455. The van der Waals surface area contributed by atoms with E-state index in [1.165, 1.54) is 12.1 Å². The molecule has 1 aliphatic heterocycles. The molecule has 1 aromatic rings. The number of ether oxygens (including phenoxy) is 1. The Balaban J connectivity index is 2.00. The summed E-state index contributed by atoms with van der Waals surface area (Å²) in [5.74, 6) is -0.288. The number of hydrogen-bond acceptors (Lipinski definition) is 3. The van der Waals surface area contributed by atoms with Crippen LogP contribution in [0.1, 0.15) is 19.4 Å². The van der Waals surface area contributed by atoms with Crippen LogP contribution in [-0.4, -0.2) is 48.0 Å². The zero-order chi connectivity index (χ0) is 14.7. The number of halogens is 2. The topological polar surface area (TPSA) is 32.7 Å². The average molecular weight is 346 g/mol. The Kier molecular flexibility index (Phi) is 5.55. The van der Waals surface area contributed by atoms with Crippen molar-refractivity contribution in [1.82, 2.24) is 4.90 Å². The molecular formula is C15H21BrFNO2. The summed E-state index contributed by atoms with van der Waals surface area (Å²) in [6.45, 7) is 6.51. The van der Waals surface area contributed by atoms with E-state index < -0.39 is 6.10 Å². The quantitative estimate of drug-likeness (QED) is 0.910. The Morgan fingerprint density at radius 3 is 2.95 bits per heavy atom. The smallest absolute Gasteiger partial charge is 0.123 e. The molecule has 0 spiro atoms. The number of morpholine rings is 1. The van der Waals surface area contributed by atoms with Crippen LogP contribution in [0.5, 0.6) is 0 Å². The Labute approximate surface area is 127 Å². The lowest BCUT2D eigenvalue weighted by molar-refractivity contribution is -0.0941. The van der Waals surface area contributed by atoms with Crippen molar-refractivity contribution in [3.63, 3.8) is 0 Å². The van der Waals surface area contributed by atoms with Gasteiger partial charge in [0, 0.05) is 30.0 Å². The van der Waals surface area contributed by atoms with Crippen LogP contribution in [-0.2, 0) is 11.2 Å². The number of benzene rings is 1. The van der Waals surface area contributed by atoms with Crippen molar-refractivity contribution in [2.75, 3.05) is 19.7 Å². The molecule has 20 heavy (non-hydrogen) atoms. The maximum Gasteiger partial charge on any atom is 0.123 e. The molecule has 1 aliphatic rings. The molecule has 0 bridgehead atoms. The van der Waals surface area contributed by atoms with Crippen molar-refractivity contribution in [1.29, 1.82) is 0 Å². The van der Waals surface area contributed by atoms with E-state index in [-0.39, 0.29) is 11.9 Å². The standard InChI is InChI=1S/C15H21BrFNO2/c1-10(2)18-5-6-20-15(9-18)14(19)8-11-7-12(17)3-4-13(11)16/h3-4,7,10,14-15,19H,5-6,8-9H2,1-2H3. The van der Waals surface area contributed by atoms with Gasteiger partial charge >= 0.3 is 0 Å². The highest BCUT2D eigenvalue weighted by Gasteiger charge is 2.28. The van der Waals surface area contributed by atoms with Crippen LogP contribution in [0.15, 0.2) is 22.7 Å². The minimum Gasteiger partial charge on any atom is -0.390 e. The van der Waals surface area contributed by atoms with E-state index in [0.717, 1.165) is 16.6 Å². The van der Waals surface area contributed by atoms with E-state index in [1.54, 1.807) is 6.07 Å². The molecule has 0 aromatic heterocycles. The third-order valence-electron chi connectivity index (χ3n) is 3.72. The minimum atomic E-state index is -0.630. The molecule has 0 saturated carbocycles. The number of hydrogen-bond donors (Lipinski definition) is 1. The fourth-order valence-electron chi connectivity index (χ4n) is 2.45. The Morgan fingerprint density at radius 1 is 1.50 bits per heavy atom. The van der Waals surface area contributed by atoms with Gasteiger partial charge in [-0.05, 0) is 37.6 Å². The van der Waals surface area contributed by atoms with Crippen molar-refractivity contribution in [2.45, 2.75) is 38.5 Å². The van der Waals surface area contributed by atoms with E-state index in [0.29, 0.717) is 25.6 Å².